The minimum absolute atomic E-state index is 0.128. The molecule has 0 amide bonds. The fourth-order valence-corrected chi connectivity index (χ4v) is 3.15. The normalized spacial score (nSPS) is 23.1. The monoisotopic (exact) mass is 326 g/mol. The standard InChI is InChI=1S/C14H19BrN2O2/c1-10-3-2-4-11(7-10)9-16-14-8-12(17(18)19)5-6-13(14)15/h5-6,8,10-11,16H,2-4,7,9H2,1H3. The summed E-state index contributed by atoms with van der Waals surface area (Å²) in [7, 11) is 0. The number of halogens is 1. The molecule has 1 aromatic rings. The van der Waals surface area contributed by atoms with Crippen LogP contribution in [0.25, 0.3) is 0 Å². The van der Waals surface area contributed by atoms with Gasteiger partial charge in [0, 0.05) is 23.2 Å². The molecule has 1 aromatic carbocycles. The molecule has 2 atom stereocenters. The Bertz CT molecular complexity index is 465. The van der Waals surface area contributed by atoms with Gasteiger partial charge in [0.15, 0.2) is 0 Å². The number of nitro groups is 1. The van der Waals surface area contributed by atoms with Crippen LogP contribution in [-0.2, 0) is 0 Å². The molecule has 0 saturated heterocycles. The van der Waals surface area contributed by atoms with E-state index >= 15 is 0 Å². The Hall–Kier alpha value is -1.10. The van der Waals surface area contributed by atoms with E-state index in [2.05, 4.69) is 28.2 Å². The molecule has 0 radical (unpaired) electrons. The number of rotatable bonds is 4. The molecule has 2 rings (SSSR count). The Kier molecular flexibility index (Phi) is 4.80. The molecule has 0 heterocycles. The zero-order valence-corrected chi connectivity index (χ0v) is 12.6. The molecular weight excluding hydrogens is 308 g/mol. The SMILES string of the molecule is CC1CCCC(CNc2cc([N+](=O)[O-])ccc2Br)C1. The molecule has 4 nitrogen and oxygen atoms in total. The predicted octanol–water partition coefficient (Wildman–Crippen LogP) is 4.60. The molecular formula is C14H19BrN2O2. The van der Waals surface area contributed by atoms with Gasteiger partial charge in [-0.1, -0.05) is 19.8 Å². The molecule has 1 N–H and O–H groups in total. The number of nitrogens with zero attached hydrogens (tertiary/aromatic N) is 1. The molecule has 0 aromatic heterocycles. The fraction of sp³-hybridized carbons (Fsp3) is 0.571. The quantitative estimate of drug-likeness (QED) is 0.650. The number of nitro benzene ring substituents is 1. The summed E-state index contributed by atoms with van der Waals surface area (Å²) in [5, 5.41) is 14.1. The molecule has 104 valence electrons. The Morgan fingerprint density at radius 1 is 1.47 bits per heavy atom. The van der Waals surface area contributed by atoms with Gasteiger partial charge in [0.1, 0.15) is 0 Å². The first-order valence-electron chi connectivity index (χ1n) is 6.74. The highest BCUT2D eigenvalue weighted by Crippen LogP contribution is 2.31. The number of hydrogen-bond acceptors (Lipinski definition) is 3. The van der Waals surface area contributed by atoms with Gasteiger partial charge in [-0.15, -0.1) is 0 Å². The Balaban J connectivity index is 1.98. The summed E-state index contributed by atoms with van der Waals surface area (Å²) in [4.78, 5) is 10.4. The molecule has 5 heteroatoms. The van der Waals surface area contributed by atoms with Crippen LogP contribution in [0, 0.1) is 22.0 Å². The van der Waals surface area contributed by atoms with Crippen LogP contribution in [0.3, 0.4) is 0 Å². The highest BCUT2D eigenvalue weighted by atomic mass is 79.9. The van der Waals surface area contributed by atoms with E-state index in [4.69, 9.17) is 0 Å². The van der Waals surface area contributed by atoms with Crippen molar-refractivity contribution in [3.63, 3.8) is 0 Å². The minimum Gasteiger partial charge on any atom is -0.384 e. The lowest BCUT2D eigenvalue weighted by atomic mass is 9.82. The van der Waals surface area contributed by atoms with Gasteiger partial charge in [-0.3, -0.25) is 10.1 Å². The van der Waals surface area contributed by atoms with E-state index in [1.165, 1.54) is 31.7 Å². The second kappa shape index (κ2) is 6.37. The van der Waals surface area contributed by atoms with Gasteiger partial charge >= 0.3 is 0 Å². The van der Waals surface area contributed by atoms with E-state index in [0.717, 1.165) is 22.6 Å². The fourth-order valence-electron chi connectivity index (χ4n) is 2.76. The van der Waals surface area contributed by atoms with Crippen LogP contribution >= 0.6 is 15.9 Å². The maximum atomic E-state index is 10.8. The number of anilines is 1. The highest BCUT2D eigenvalue weighted by molar-refractivity contribution is 9.10. The van der Waals surface area contributed by atoms with E-state index in [0.29, 0.717) is 5.92 Å². The zero-order chi connectivity index (χ0) is 13.8. The third-order valence-electron chi connectivity index (χ3n) is 3.79. The number of benzene rings is 1. The summed E-state index contributed by atoms with van der Waals surface area (Å²) in [6.07, 6.45) is 5.13. The molecule has 1 saturated carbocycles. The van der Waals surface area contributed by atoms with Crippen LogP contribution in [0.2, 0.25) is 0 Å². The number of hydrogen-bond donors (Lipinski definition) is 1. The average molecular weight is 327 g/mol. The number of non-ortho nitro benzene ring substituents is 1. The smallest absolute Gasteiger partial charge is 0.271 e. The van der Waals surface area contributed by atoms with Crippen molar-refractivity contribution in [3.8, 4) is 0 Å². The maximum absolute atomic E-state index is 10.8. The van der Waals surface area contributed by atoms with Crippen LogP contribution in [0.4, 0.5) is 11.4 Å². The van der Waals surface area contributed by atoms with Gasteiger partial charge in [-0.25, -0.2) is 0 Å². The summed E-state index contributed by atoms with van der Waals surface area (Å²) < 4.78 is 0.877. The third kappa shape index (κ3) is 3.93. The average Bonchev–Trinajstić information content (AvgIpc) is 2.37. The third-order valence-corrected chi connectivity index (χ3v) is 4.48. The summed E-state index contributed by atoms with van der Waals surface area (Å²) in [6.45, 7) is 3.19. The first-order valence-corrected chi connectivity index (χ1v) is 7.53. The lowest BCUT2D eigenvalue weighted by Gasteiger charge is -2.27. The van der Waals surface area contributed by atoms with Crippen molar-refractivity contribution in [2.24, 2.45) is 11.8 Å². The second-order valence-electron chi connectivity index (χ2n) is 5.44. The van der Waals surface area contributed by atoms with Crippen molar-refractivity contribution in [2.45, 2.75) is 32.6 Å². The molecule has 19 heavy (non-hydrogen) atoms. The largest absolute Gasteiger partial charge is 0.384 e. The van der Waals surface area contributed by atoms with Crippen LogP contribution in [0.5, 0.6) is 0 Å². The first-order chi connectivity index (χ1) is 9.06. The van der Waals surface area contributed by atoms with Crippen molar-refractivity contribution in [2.75, 3.05) is 11.9 Å². The molecule has 1 aliphatic rings. The molecule has 0 bridgehead atoms. The zero-order valence-electron chi connectivity index (χ0n) is 11.1. The predicted molar refractivity (Wildman–Crippen MR) is 80.4 cm³/mol. The summed E-state index contributed by atoms with van der Waals surface area (Å²) in [5.41, 5.74) is 0.940. The molecule has 1 fully saturated rings. The van der Waals surface area contributed by atoms with E-state index in [1.807, 2.05) is 0 Å². The first kappa shape index (κ1) is 14.3. The Morgan fingerprint density at radius 3 is 2.95 bits per heavy atom. The van der Waals surface area contributed by atoms with Crippen LogP contribution in [0.15, 0.2) is 22.7 Å². The molecule has 0 aliphatic heterocycles. The van der Waals surface area contributed by atoms with E-state index in [9.17, 15) is 10.1 Å². The van der Waals surface area contributed by atoms with Crippen molar-refractivity contribution in [1.29, 1.82) is 0 Å². The molecule has 0 spiro atoms. The van der Waals surface area contributed by atoms with Crippen molar-refractivity contribution >= 4 is 27.3 Å². The summed E-state index contributed by atoms with van der Waals surface area (Å²) in [6, 6.07) is 4.83. The molecule has 1 aliphatic carbocycles. The van der Waals surface area contributed by atoms with Crippen LogP contribution in [0.1, 0.15) is 32.6 Å². The van der Waals surface area contributed by atoms with Crippen LogP contribution in [-0.4, -0.2) is 11.5 Å². The van der Waals surface area contributed by atoms with E-state index in [-0.39, 0.29) is 10.6 Å². The van der Waals surface area contributed by atoms with E-state index < -0.39 is 0 Å². The molecule has 2 unspecified atom stereocenters. The lowest BCUT2D eigenvalue weighted by molar-refractivity contribution is -0.384. The van der Waals surface area contributed by atoms with Crippen molar-refractivity contribution in [1.82, 2.24) is 0 Å². The van der Waals surface area contributed by atoms with Crippen molar-refractivity contribution in [3.05, 3.63) is 32.8 Å². The Labute approximate surface area is 121 Å². The maximum Gasteiger partial charge on any atom is 0.271 e. The number of nitrogens with one attached hydrogen (secondary N) is 1. The van der Waals surface area contributed by atoms with Crippen molar-refractivity contribution < 1.29 is 4.92 Å². The van der Waals surface area contributed by atoms with E-state index in [1.54, 1.807) is 12.1 Å². The van der Waals surface area contributed by atoms with Gasteiger partial charge in [0.05, 0.1) is 10.6 Å². The Morgan fingerprint density at radius 2 is 2.26 bits per heavy atom. The topological polar surface area (TPSA) is 55.2 Å². The summed E-state index contributed by atoms with van der Waals surface area (Å²) in [5.74, 6) is 1.48. The second-order valence-corrected chi connectivity index (χ2v) is 6.29. The van der Waals surface area contributed by atoms with Gasteiger partial charge in [-0.2, -0.15) is 0 Å². The highest BCUT2D eigenvalue weighted by Gasteiger charge is 2.19. The summed E-state index contributed by atoms with van der Waals surface area (Å²) >= 11 is 3.43. The van der Waals surface area contributed by atoms with Gasteiger partial charge in [-0.05, 0) is 46.7 Å². The lowest BCUT2D eigenvalue weighted by Crippen LogP contribution is -2.21. The van der Waals surface area contributed by atoms with Gasteiger partial charge in [0.25, 0.3) is 5.69 Å². The van der Waals surface area contributed by atoms with Gasteiger partial charge in [0.2, 0.25) is 0 Å². The minimum atomic E-state index is -0.361. The van der Waals surface area contributed by atoms with Crippen LogP contribution < -0.4 is 5.32 Å². The van der Waals surface area contributed by atoms with Gasteiger partial charge < -0.3 is 5.32 Å².